The molecule has 0 aromatic heterocycles. The van der Waals surface area contributed by atoms with Crippen molar-refractivity contribution in [2.75, 3.05) is 6.54 Å². The van der Waals surface area contributed by atoms with Crippen molar-refractivity contribution >= 4 is 11.9 Å². The summed E-state index contributed by atoms with van der Waals surface area (Å²) >= 11 is 0. The highest BCUT2D eigenvalue weighted by Gasteiger charge is 2.57. The first-order chi connectivity index (χ1) is 14.8. The smallest absolute Gasteiger partial charge is 0.453 e. The van der Waals surface area contributed by atoms with Gasteiger partial charge in [0.1, 0.15) is 0 Å². The number of aliphatic hydroxyl groups is 1. The number of carbonyl (C=O) groups is 2. The van der Waals surface area contributed by atoms with Crippen molar-refractivity contribution in [2.45, 2.75) is 37.7 Å². The second-order valence-corrected chi connectivity index (χ2v) is 7.18. The maximum Gasteiger partial charge on any atom is 0.453 e. The van der Waals surface area contributed by atoms with Gasteiger partial charge in [0.2, 0.25) is 0 Å². The first-order valence-corrected chi connectivity index (χ1v) is 9.68. The molecule has 162 valence electrons. The number of hydrogen-bond acceptors (Lipinski definition) is 7. The Labute approximate surface area is 178 Å². The van der Waals surface area contributed by atoms with Gasteiger partial charge in [-0.25, -0.2) is 9.59 Å². The van der Waals surface area contributed by atoms with Gasteiger partial charge in [0.05, 0.1) is 17.7 Å². The minimum atomic E-state index is -2.79. The Balaban J connectivity index is 1.65. The molecule has 4 N–H and O–H groups in total. The quantitative estimate of drug-likeness (QED) is 0.441. The highest BCUT2D eigenvalue weighted by atomic mass is 16.8. The number of aliphatic carboxylic acids is 2. The SMILES string of the molecule is CCC(Cc1ccc2c(c1)OC(C(=O)O)(C(=O)O)O2)NCC(O)c1cccc(C#N)c1. The second-order valence-electron chi connectivity index (χ2n) is 7.18. The molecule has 1 aliphatic rings. The second kappa shape index (κ2) is 9.04. The van der Waals surface area contributed by atoms with E-state index in [1.54, 1.807) is 36.4 Å². The molecule has 0 bridgehead atoms. The molecule has 31 heavy (non-hydrogen) atoms. The maximum atomic E-state index is 11.4. The van der Waals surface area contributed by atoms with E-state index >= 15 is 0 Å². The van der Waals surface area contributed by atoms with Crippen molar-refractivity contribution in [1.82, 2.24) is 5.32 Å². The summed E-state index contributed by atoms with van der Waals surface area (Å²) < 4.78 is 10.2. The Hall–Kier alpha value is -3.61. The van der Waals surface area contributed by atoms with E-state index in [0.717, 1.165) is 12.0 Å². The molecule has 0 saturated carbocycles. The molecule has 2 aromatic carbocycles. The van der Waals surface area contributed by atoms with Gasteiger partial charge in [-0.15, -0.1) is 0 Å². The van der Waals surface area contributed by atoms with Crippen LogP contribution in [0.2, 0.25) is 0 Å². The van der Waals surface area contributed by atoms with Crippen LogP contribution in [0.5, 0.6) is 11.5 Å². The van der Waals surface area contributed by atoms with Crippen molar-refractivity contribution in [1.29, 1.82) is 5.26 Å². The first-order valence-electron chi connectivity index (χ1n) is 9.68. The predicted octanol–water partition coefficient (Wildman–Crippen LogP) is 1.84. The molecule has 0 amide bonds. The van der Waals surface area contributed by atoms with E-state index in [9.17, 15) is 24.9 Å². The average molecular weight is 426 g/mol. The van der Waals surface area contributed by atoms with E-state index in [1.165, 1.54) is 6.07 Å². The van der Waals surface area contributed by atoms with Gasteiger partial charge >= 0.3 is 17.7 Å². The van der Waals surface area contributed by atoms with Crippen LogP contribution in [0.25, 0.3) is 0 Å². The molecular weight excluding hydrogens is 404 g/mol. The van der Waals surface area contributed by atoms with Crippen LogP contribution in [-0.4, -0.2) is 45.6 Å². The van der Waals surface area contributed by atoms with Gasteiger partial charge in [-0.3, -0.25) is 0 Å². The van der Waals surface area contributed by atoms with Crippen molar-refractivity contribution in [3.8, 4) is 17.6 Å². The third-order valence-corrected chi connectivity index (χ3v) is 5.05. The standard InChI is InChI=1S/C22H22N2O7/c1-2-16(24-12-17(25)15-5-3-4-14(8-15)11-23)9-13-6-7-18-19(10-13)31-22(30-18,20(26)27)21(28)29/h3-8,10,16-17,24-25H,2,9,12H2,1H3,(H,26,27)(H,28,29). The van der Waals surface area contributed by atoms with Gasteiger partial charge in [0.25, 0.3) is 0 Å². The summed E-state index contributed by atoms with van der Waals surface area (Å²) in [6.45, 7) is 2.26. The number of ether oxygens (including phenoxy) is 2. The van der Waals surface area contributed by atoms with Crippen LogP contribution in [0.1, 0.15) is 36.1 Å². The van der Waals surface area contributed by atoms with E-state index in [-0.39, 0.29) is 24.1 Å². The van der Waals surface area contributed by atoms with Crippen molar-refractivity contribution in [3.05, 3.63) is 59.2 Å². The molecule has 2 atom stereocenters. The Morgan fingerprint density at radius 2 is 1.84 bits per heavy atom. The number of fused-ring (bicyclic) bond motifs is 1. The summed E-state index contributed by atoms with van der Waals surface area (Å²) in [4.78, 5) is 22.7. The monoisotopic (exact) mass is 426 g/mol. The fourth-order valence-electron chi connectivity index (χ4n) is 3.30. The lowest BCUT2D eigenvalue weighted by Gasteiger charge is -2.20. The van der Waals surface area contributed by atoms with E-state index < -0.39 is 23.8 Å². The summed E-state index contributed by atoms with van der Waals surface area (Å²) in [6, 6.07) is 13.6. The molecule has 0 saturated heterocycles. The molecule has 2 unspecified atom stereocenters. The van der Waals surface area contributed by atoms with Gasteiger partial charge in [-0.1, -0.05) is 25.1 Å². The minimum absolute atomic E-state index is 0.0159. The lowest BCUT2D eigenvalue weighted by molar-refractivity contribution is -0.194. The van der Waals surface area contributed by atoms with Crippen LogP contribution in [0.15, 0.2) is 42.5 Å². The summed E-state index contributed by atoms with van der Waals surface area (Å²) in [5, 5.41) is 41.1. The number of aliphatic hydroxyl groups excluding tert-OH is 1. The van der Waals surface area contributed by atoms with Gasteiger partial charge < -0.3 is 30.1 Å². The van der Waals surface area contributed by atoms with E-state index in [1.807, 2.05) is 13.0 Å². The third-order valence-electron chi connectivity index (χ3n) is 5.05. The van der Waals surface area contributed by atoms with Crippen molar-refractivity contribution in [2.24, 2.45) is 0 Å². The third kappa shape index (κ3) is 4.60. The van der Waals surface area contributed by atoms with Crippen LogP contribution in [0.3, 0.4) is 0 Å². The molecule has 1 aliphatic heterocycles. The zero-order chi connectivity index (χ0) is 22.6. The van der Waals surface area contributed by atoms with Crippen molar-refractivity contribution < 1.29 is 34.4 Å². The lowest BCUT2D eigenvalue weighted by Crippen LogP contribution is -2.54. The normalized spacial score (nSPS) is 15.6. The fourth-order valence-corrected chi connectivity index (χ4v) is 3.30. The average Bonchev–Trinajstić information content (AvgIpc) is 3.17. The molecule has 9 heteroatoms. The molecule has 0 aliphatic carbocycles. The van der Waals surface area contributed by atoms with Crippen LogP contribution in [0.4, 0.5) is 0 Å². The Morgan fingerprint density at radius 3 is 2.48 bits per heavy atom. The molecule has 2 aromatic rings. The molecular formula is C22H22N2O7. The fraction of sp³-hybridized carbons (Fsp3) is 0.318. The maximum absolute atomic E-state index is 11.4. The summed E-state index contributed by atoms with van der Waals surface area (Å²) in [6.07, 6.45) is 0.490. The number of carboxylic acid groups (broad SMARTS) is 2. The molecule has 0 fully saturated rings. The van der Waals surface area contributed by atoms with E-state index in [2.05, 4.69) is 5.32 Å². The summed E-state index contributed by atoms with van der Waals surface area (Å²) in [5.41, 5.74) is 1.90. The Kier molecular flexibility index (Phi) is 6.44. The molecule has 0 spiro atoms. The van der Waals surface area contributed by atoms with Gasteiger partial charge in [0.15, 0.2) is 11.5 Å². The first kappa shape index (κ1) is 22.1. The zero-order valence-electron chi connectivity index (χ0n) is 16.7. The highest BCUT2D eigenvalue weighted by molar-refractivity contribution is 6.01. The number of carboxylic acids is 2. The number of nitrogens with one attached hydrogen (secondary N) is 1. The largest absolute Gasteiger partial charge is 0.475 e. The zero-order valence-corrected chi connectivity index (χ0v) is 16.7. The number of rotatable bonds is 9. The highest BCUT2D eigenvalue weighted by Crippen LogP contribution is 2.40. The van der Waals surface area contributed by atoms with Crippen LogP contribution >= 0.6 is 0 Å². The number of benzene rings is 2. The molecule has 9 nitrogen and oxygen atoms in total. The number of hydrogen-bond donors (Lipinski definition) is 4. The van der Waals surface area contributed by atoms with Gasteiger partial charge in [-0.2, -0.15) is 5.26 Å². The molecule has 1 heterocycles. The summed E-state index contributed by atoms with van der Waals surface area (Å²) in [7, 11) is 0. The van der Waals surface area contributed by atoms with E-state index in [0.29, 0.717) is 17.5 Å². The van der Waals surface area contributed by atoms with Gasteiger partial charge in [-0.05, 0) is 48.2 Å². The Morgan fingerprint density at radius 1 is 1.13 bits per heavy atom. The summed E-state index contributed by atoms with van der Waals surface area (Å²) in [5.74, 6) is -6.20. The molecule has 3 rings (SSSR count). The topological polar surface area (TPSA) is 149 Å². The minimum Gasteiger partial charge on any atom is -0.475 e. The number of nitriles is 1. The lowest BCUT2D eigenvalue weighted by atomic mass is 10.0. The molecule has 0 radical (unpaired) electrons. The van der Waals surface area contributed by atoms with E-state index in [4.69, 9.17) is 14.7 Å². The van der Waals surface area contributed by atoms with Crippen LogP contribution in [0, 0.1) is 11.3 Å². The Bertz CT molecular complexity index is 1020. The van der Waals surface area contributed by atoms with Crippen LogP contribution < -0.4 is 14.8 Å². The van der Waals surface area contributed by atoms with Crippen LogP contribution in [-0.2, 0) is 16.0 Å². The predicted molar refractivity (Wildman–Crippen MR) is 108 cm³/mol. The number of nitrogens with zero attached hydrogens (tertiary/aromatic N) is 1. The van der Waals surface area contributed by atoms with Gasteiger partial charge in [0, 0.05) is 12.6 Å². The van der Waals surface area contributed by atoms with Crippen molar-refractivity contribution in [3.63, 3.8) is 0 Å².